The average molecular weight is 342 g/mol. The van der Waals surface area contributed by atoms with Gasteiger partial charge in [0.1, 0.15) is 0 Å². The Hall–Kier alpha value is 0.531. The maximum Gasteiger partial charge on any atom is -0.147 e. The summed E-state index contributed by atoms with van der Waals surface area (Å²) in [5.41, 5.74) is 2.96. The summed E-state index contributed by atoms with van der Waals surface area (Å²) in [6.45, 7) is 13.7. The van der Waals surface area contributed by atoms with Crippen LogP contribution in [-0.4, -0.2) is 8.80 Å². The van der Waals surface area contributed by atoms with Crippen molar-refractivity contribution in [2.75, 3.05) is 0 Å². The van der Waals surface area contributed by atoms with Crippen molar-refractivity contribution in [1.82, 2.24) is 0 Å². The van der Waals surface area contributed by atoms with E-state index in [1.165, 1.54) is 16.3 Å². The molecule has 1 aromatic rings. The van der Waals surface area contributed by atoms with Gasteiger partial charge in [0.05, 0.1) is 0 Å². The molecule has 0 N–H and O–H groups in total. The predicted molar refractivity (Wildman–Crippen MR) is 83.5 cm³/mol. The number of aryl methyl sites for hydroxylation is 1. The van der Waals surface area contributed by atoms with Crippen LogP contribution in [0.3, 0.4) is 0 Å². The first-order valence-electron chi connectivity index (χ1n) is 5.76. The van der Waals surface area contributed by atoms with E-state index in [0.29, 0.717) is 0 Å². The Bertz CT molecular complexity index is 389. The Labute approximate surface area is 137 Å². The van der Waals surface area contributed by atoms with Crippen molar-refractivity contribution in [3.63, 3.8) is 0 Å². The molecule has 1 nitrogen and oxygen atoms in total. The van der Waals surface area contributed by atoms with Gasteiger partial charge in [-0.3, -0.25) is 0 Å². The van der Waals surface area contributed by atoms with Gasteiger partial charge in [-0.1, -0.05) is 0 Å². The first-order chi connectivity index (χ1) is 7.27. The minimum atomic E-state index is -0.871. The molecular weight excluding hydrogens is 319 g/mol. The van der Waals surface area contributed by atoms with E-state index in [-0.39, 0.29) is 30.2 Å². The van der Waals surface area contributed by atoms with E-state index in [4.69, 9.17) is 3.32 Å². The second kappa shape index (κ2) is 7.96. The summed E-state index contributed by atoms with van der Waals surface area (Å²) in [6.07, 6.45) is 0. The molecule has 0 radical (unpaired) electrons. The quantitative estimate of drug-likeness (QED) is 0.746. The molecule has 0 aliphatic carbocycles. The van der Waals surface area contributed by atoms with Crippen LogP contribution in [0.25, 0.3) is 0 Å². The standard InChI is InChI=1S/C13H22OSi.2ClH.Ti/c1-9-7-10(13(2,3)4)12(15(5)6)11(14)8-9;;;/h7-8,14-15H,1-6H3;2*1H;/q;;;+1/p-1. The van der Waals surface area contributed by atoms with Crippen molar-refractivity contribution in [1.29, 1.82) is 0 Å². The van der Waals surface area contributed by atoms with Crippen molar-refractivity contribution < 1.29 is 24.1 Å². The molecule has 1 rings (SSSR count). The topological polar surface area (TPSA) is 9.23 Å². The van der Waals surface area contributed by atoms with E-state index in [1.54, 1.807) is 20.8 Å². The molecule has 0 aliphatic heterocycles. The molecule has 18 heavy (non-hydrogen) atoms. The number of benzene rings is 1. The SMILES string of the molecule is Cc1cc([O][Ti])c([SiH](C)C)c(C(C)(C)C)c1.Cl.Cl. The van der Waals surface area contributed by atoms with E-state index >= 15 is 0 Å². The van der Waals surface area contributed by atoms with Crippen LogP contribution in [0.1, 0.15) is 31.9 Å². The number of hydrogen-bond acceptors (Lipinski definition) is 1. The third-order valence-corrected chi connectivity index (χ3v) is 4.88. The molecule has 0 aliphatic rings. The first-order valence-corrected chi connectivity index (χ1v) is 9.28. The molecule has 103 valence electrons. The van der Waals surface area contributed by atoms with Gasteiger partial charge in [0.25, 0.3) is 0 Å². The third-order valence-electron chi connectivity index (χ3n) is 2.78. The van der Waals surface area contributed by atoms with Crippen molar-refractivity contribution in [2.24, 2.45) is 0 Å². The molecule has 0 bridgehead atoms. The summed E-state index contributed by atoms with van der Waals surface area (Å²) >= 11 is 1.78. The van der Waals surface area contributed by atoms with Crippen LogP contribution in [0.4, 0.5) is 0 Å². The molecule has 0 amide bonds. The zero-order valence-corrected chi connectivity index (χ0v) is 16.3. The number of hydrogen-bond donors (Lipinski definition) is 0. The van der Waals surface area contributed by atoms with E-state index in [9.17, 15) is 0 Å². The predicted octanol–water partition coefficient (Wildman–Crippen LogP) is 3.67. The van der Waals surface area contributed by atoms with Gasteiger partial charge in [0.2, 0.25) is 0 Å². The number of rotatable bonds is 2. The van der Waals surface area contributed by atoms with Gasteiger partial charge in [-0.25, -0.2) is 0 Å². The summed E-state index contributed by atoms with van der Waals surface area (Å²) in [4.78, 5) is 0. The molecule has 0 heterocycles. The van der Waals surface area contributed by atoms with Crippen LogP contribution < -0.4 is 8.51 Å². The second-order valence-corrected chi connectivity index (χ2v) is 8.94. The molecule has 0 aromatic heterocycles. The zero-order valence-electron chi connectivity index (χ0n) is 12.0. The van der Waals surface area contributed by atoms with Gasteiger partial charge in [0.15, 0.2) is 0 Å². The van der Waals surface area contributed by atoms with Crippen LogP contribution in [0, 0.1) is 6.92 Å². The normalized spacial score (nSPS) is 10.6. The van der Waals surface area contributed by atoms with E-state index < -0.39 is 8.80 Å². The van der Waals surface area contributed by atoms with Gasteiger partial charge < -0.3 is 0 Å². The Morgan fingerprint density at radius 3 is 1.94 bits per heavy atom. The van der Waals surface area contributed by atoms with Gasteiger partial charge in [0, 0.05) is 0 Å². The second-order valence-electron chi connectivity index (χ2n) is 5.73. The van der Waals surface area contributed by atoms with Crippen LogP contribution in [-0.2, 0) is 26.2 Å². The van der Waals surface area contributed by atoms with E-state index in [1.807, 2.05) is 0 Å². The van der Waals surface area contributed by atoms with E-state index in [2.05, 4.69) is 52.9 Å². The Kier molecular flexibility index (Phi) is 9.22. The van der Waals surface area contributed by atoms with Gasteiger partial charge in [-0.05, 0) is 0 Å². The fraction of sp³-hybridized carbons (Fsp3) is 0.538. The Balaban J connectivity index is 0. The molecule has 0 saturated carbocycles. The summed E-state index contributed by atoms with van der Waals surface area (Å²) in [6, 6.07) is 4.49. The monoisotopic (exact) mass is 341 g/mol. The van der Waals surface area contributed by atoms with Crippen molar-refractivity contribution in [2.45, 2.75) is 46.2 Å². The minimum absolute atomic E-state index is 0. The summed E-state index contributed by atoms with van der Waals surface area (Å²) in [7, 11) is -0.871. The fourth-order valence-corrected chi connectivity index (χ4v) is 4.36. The molecule has 0 spiro atoms. The van der Waals surface area contributed by atoms with Gasteiger partial charge in [-0.2, -0.15) is 0 Å². The molecule has 1 aromatic carbocycles. The molecular formula is C13H23Cl2OSiTi. The number of halogens is 2. The Morgan fingerprint density at radius 2 is 1.61 bits per heavy atom. The van der Waals surface area contributed by atoms with Crippen molar-refractivity contribution >= 4 is 38.8 Å². The largest absolute Gasteiger partial charge is 0.147 e. The average Bonchev–Trinajstić information content (AvgIpc) is 2.14. The molecule has 5 heteroatoms. The first kappa shape index (κ1) is 20.8. The van der Waals surface area contributed by atoms with Gasteiger partial charge in [-0.15, -0.1) is 24.8 Å². The minimum Gasteiger partial charge on any atom is -0.147 e. The van der Waals surface area contributed by atoms with E-state index in [0.717, 1.165) is 5.75 Å². The zero-order chi connectivity index (χ0) is 12.5. The maximum atomic E-state index is 5.56. The Morgan fingerprint density at radius 1 is 1.11 bits per heavy atom. The molecule has 0 atom stereocenters. The smallest absolute Gasteiger partial charge is 0.147 e. The molecule has 0 fully saturated rings. The van der Waals surface area contributed by atoms with Crippen molar-refractivity contribution in [3.05, 3.63) is 23.3 Å². The van der Waals surface area contributed by atoms with Crippen LogP contribution in [0.5, 0.6) is 5.75 Å². The summed E-state index contributed by atoms with van der Waals surface area (Å²) in [5, 5.41) is 1.49. The van der Waals surface area contributed by atoms with Crippen LogP contribution in [0.15, 0.2) is 12.1 Å². The van der Waals surface area contributed by atoms with Gasteiger partial charge >= 0.3 is 113 Å². The maximum absolute atomic E-state index is 5.56. The summed E-state index contributed by atoms with van der Waals surface area (Å²) in [5.74, 6) is 1.09. The molecule has 0 saturated heterocycles. The summed E-state index contributed by atoms with van der Waals surface area (Å²) < 4.78 is 5.56. The van der Waals surface area contributed by atoms with Crippen LogP contribution in [0.2, 0.25) is 13.1 Å². The molecule has 0 unspecified atom stereocenters. The van der Waals surface area contributed by atoms with Crippen LogP contribution >= 0.6 is 24.8 Å². The fourth-order valence-electron chi connectivity index (χ4n) is 2.06. The third kappa shape index (κ3) is 4.90. The van der Waals surface area contributed by atoms with Crippen molar-refractivity contribution in [3.8, 4) is 5.75 Å².